The van der Waals surface area contributed by atoms with Gasteiger partial charge in [0.1, 0.15) is 4.88 Å². The average Bonchev–Trinajstić information content (AvgIpc) is 3.25. The molecule has 0 saturated carbocycles. The van der Waals surface area contributed by atoms with Crippen LogP contribution in [0, 0.1) is 6.92 Å². The van der Waals surface area contributed by atoms with Crippen molar-refractivity contribution in [3.63, 3.8) is 0 Å². The fourth-order valence-electron chi connectivity index (χ4n) is 3.35. The van der Waals surface area contributed by atoms with Crippen molar-refractivity contribution in [3.05, 3.63) is 45.1 Å². The average molecular weight is 509 g/mol. The zero-order valence-corrected chi connectivity index (χ0v) is 20.1. The van der Waals surface area contributed by atoms with Gasteiger partial charge >= 0.3 is 0 Å². The number of aliphatic hydroxyl groups is 1. The smallest absolute Gasteiger partial charge is 0.267 e. The van der Waals surface area contributed by atoms with Crippen LogP contribution in [0.5, 0.6) is 0 Å². The normalized spacial score (nSPS) is 14.4. The number of β-amino-alcohol motifs (C(OH)–C–C–N with tert-alkyl or cyclic N) is 1. The Labute approximate surface area is 204 Å². The third kappa shape index (κ3) is 5.87. The van der Waals surface area contributed by atoms with Crippen LogP contribution < -0.4 is 15.5 Å². The fraction of sp³-hybridized carbons (Fsp3) is 0.350. The van der Waals surface area contributed by atoms with E-state index in [1.807, 2.05) is 24.0 Å². The molecule has 33 heavy (non-hydrogen) atoms. The highest BCUT2D eigenvalue weighted by atomic mass is 35.5. The molecular weight excluding hydrogens is 487 g/mol. The highest BCUT2D eigenvalue weighted by molar-refractivity contribution is 7.17. The molecule has 0 unspecified atom stereocenters. The highest BCUT2D eigenvalue weighted by Crippen LogP contribution is 2.28. The first kappa shape index (κ1) is 23.6. The van der Waals surface area contributed by atoms with Gasteiger partial charge < -0.3 is 15.3 Å². The number of aromatic nitrogens is 4. The predicted molar refractivity (Wildman–Crippen MR) is 130 cm³/mol. The molecule has 1 aromatic carbocycles. The van der Waals surface area contributed by atoms with E-state index in [9.17, 15) is 4.79 Å². The number of aliphatic hydroxyl groups excluding tert-OH is 1. The van der Waals surface area contributed by atoms with E-state index < -0.39 is 0 Å². The third-order valence-electron chi connectivity index (χ3n) is 5.08. The summed E-state index contributed by atoms with van der Waals surface area (Å²) in [5, 5.41) is 15.9. The molecule has 3 aromatic rings. The lowest BCUT2D eigenvalue weighted by molar-refractivity contribution is 0.103. The van der Waals surface area contributed by atoms with Gasteiger partial charge in [-0.2, -0.15) is 15.0 Å². The second kappa shape index (κ2) is 10.6. The van der Waals surface area contributed by atoms with Crippen molar-refractivity contribution in [3.8, 4) is 0 Å². The van der Waals surface area contributed by atoms with E-state index in [-0.39, 0.29) is 23.7 Å². The maximum absolute atomic E-state index is 12.7. The number of piperazine rings is 1. The number of hydrogen-bond donors (Lipinski definition) is 3. The Morgan fingerprint density at radius 3 is 2.70 bits per heavy atom. The Bertz CT molecular complexity index is 1120. The standard InChI is InChI=1S/C20H22Cl2N8O2S/c1-12-3-2-4-13(21)15(12)24-16(32)14-11-23-20(33-14)28-18-25-17(22)26-19(27-18)30-7-5-29(6-8-30)9-10-31/h2-4,11,31H,5-10H2,1H3,(H,24,32)(H,23,25,26,27,28). The maximum atomic E-state index is 12.7. The number of carbonyl (C=O) groups excluding carboxylic acids is 1. The van der Waals surface area contributed by atoms with Crippen molar-refractivity contribution in [1.29, 1.82) is 0 Å². The molecule has 0 bridgehead atoms. The summed E-state index contributed by atoms with van der Waals surface area (Å²) in [6.07, 6.45) is 1.47. The first-order chi connectivity index (χ1) is 15.9. The monoisotopic (exact) mass is 508 g/mol. The largest absolute Gasteiger partial charge is 0.395 e. The number of para-hydroxylation sites is 1. The number of anilines is 4. The number of hydrogen-bond acceptors (Lipinski definition) is 10. The lowest BCUT2D eigenvalue weighted by Gasteiger charge is -2.34. The van der Waals surface area contributed by atoms with Crippen LogP contribution in [0.3, 0.4) is 0 Å². The van der Waals surface area contributed by atoms with Crippen LogP contribution >= 0.6 is 34.5 Å². The van der Waals surface area contributed by atoms with Crippen molar-refractivity contribution < 1.29 is 9.90 Å². The van der Waals surface area contributed by atoms with Gasteiger partial charge in [-0.15, -0.1) is 0 Å². The summed E-state index contributed by atoms with van der Waals surface area (Å²) < 4.78 is 0. The molecule has 0 spiro atoms. The van der Waals surface area contributed by atoms with E-state index in [1.165, 1.54) is 6.20 Å². The molecule has 0 radical (unpaired) electrons. The number of aryl methyl sites for hydroxylation is 1. The van der Waals surface area contributed by atoms with Gasteiger partial charge in [-0.25, -0.2) is 4.98 Å². The second-order valence-corrected chi connectivity index (χ2v) is 9.10. The van der Waals surface area contributed by atoms with Gasteiger partial charge in [-0.05, 0) is 30.2 Å². The van der Waals surface area contributed by atoms with Gasteiger partial charge in [0.2, 0.25) is 17.2 Å². The summed E-state index contributed by atoms with van der Waals surface area (Å²) in [6, 6.07) is 5.42. The molecule has 0 aliphatic carbocycles. The SMILES string of the molecule is Cc1cccc(Cl)c1NC(=O)c1cnc(Nc2nc(Cl)nc(N3CCN(CCO)CC3)n2)s1. The Kier molecular flexibility index (Phi) is 7.56. The van der Waals surface area contributed by atoms with E-state index in [4.69, 9.17) is 28.3 Å². The number of nitrogens with zero attached hydrogens (tertiary/aromatic N) is 6. The first-order valence-electron chi connectivity index (χ1n) is 10.2. The molecule has 1 aliphatic heterocycles. The molecule has 10 nitrogen and oxygen atoms in total. The maximum Gasteiger partial charge on any atom is 0.267 e. The third-order valence-corrected chi connectivity index (χ3v) is 6.47. The van der Waals surface area contributed by atoms with E-state index in [0.717, 1.165) is 30.0 Å². The van der Waals surface area contributed by atoms with Crippen molar-refractivity contribution in [2.45, 2.75) is 6.92 Å². The van der Waals surface area contributed by atoms with Crippen LogP contribution in [0.2, 0.25) is 10.3 Å². The van der Waals surface area contributed by atoms with Crippen LogP contribution in [0.25, 0.3) is 0 Å². The minimum Gasteiger partial charge on any atom is -0.395 e. The minimum atomic E-state index is -0.313. The Balaban J connectivity index is 1.43. The van der Waals surface area contributed by atoms with Crippen LogP contribution in [-0.4, -0.2) is 75.2 Å². The highest BCUT2D eigenvalue weighted by Gasteiger charge is 2.20. The number of amides is 1. The Morgan fingerprint density at radius 2 is 1.97 bits per heavy atom. The Hall–Kier alpha value is -2.57. The Morgan fingerprint density at radius 1 is 1.18 bits per heavy atom. The number of rotatable bonds is 7. The van der Waals surface area contributed by atoms with Crippen molar-refractivity contribution >= 4 is 63.2 Å². The van der Waals surface area contributed by atoms with Gasteiger partial charge in [0.05, 0.1) is 23.5 Å². The molecule has 1 fully saturated rings. The lowest BCUT2D eigenvalue weighted by Crippen LogP contribution is -2.47. The minimum absolute atomic E-state index is 0.0593. The summed E-state index contributed by atoms with van der Waals surface area (Å²) in [4.78, 5) is 34.3. The van der Waals surface area contributed by atoms with Gasteiger partial charge in [0.15, 0.2) is 5.13 Å². The molecule has 0 atom stereocenters. The van der Waals surface area contributed by atoms with Crippen LogP contribution in [0.15, 0.2) is 24.4 Å². The van der Waals surface area contributed by atoms with Crippen molar-refractivity contribution in [2.24, 2.45) is 0 Å². The fourth-order valence-corrected chi connectivity index (χ4v) is 4.48. The van der Waals surface area contributed by atoms with Crippen LogP contribution in [0.4, 0.5) is 22.7 Å². The van der Waals surface area contributed by atoms with Crippen molar-refractivity contribution in [2.75, 3.05) is 54.9 Å². The summed E-state index contributed by atoms with van der Waals surface area (Å²) in [5.74, 6) is 0.391. The number of benzene rings is 1. The number of halogens is 2. The zero-order chi connectivity index (χ0) is 23.4. The molecule has 1 aliphatic rings. The summed E-state index contributed by atoms with van der Waals surface area (Å²) >= 11 is 13.5. The van der Waals surface area contributed by atoms with E-state index >= 15 is 0 Å². The van der Waals surface area contributed by atoms with Crippen molar-refractivity contribution in [1.82, 2.24) is 24.8 Å². The van der Waals surface area contributed by atoms with E-state index in [1.54, 1.807) is 6.07 Å². The lowest BCUT2D eigenvalue weighted by atomic mass is 10.2. The topological polar surface area (TPSA) is 119 Å². The molecule has 1 saturated heterocycles. The molecule has 1 amide bonds. The number of thiazole rings is 1. The molecular formula is C20H22Cl2N8O2S. The van der Waals surface area contributed by atoms with E-state index in [0.29, 0.717) is 46.3 Å². The molecule has 3 N–H and O–H groups in total. The summed E-state index contributed by atoms with van der Waals surface area (Å²) in [5.41, 5.74) is 1.43. The van der Waals surface area contributed by atoms with Gasteiger partial charge in [-0.1, -0.05) is 35.1 Å². The molecule has 174 valence electrons. The first-order valence-corrected chi connectivity index (χ1v) is 11.8. The zero-order valence-electron chi connectivity index (χ0n) is 17.8. The van der Waals surface area contributed by atoms with Gasteiger partial charge in [-0.3, -0.25) is 15.0 Å². The quantitative estimate of drug-likeness (QED) is 0.442. The van der Waals surface area contributed by atoms with Crippen LogP contribution in [-0.2, 0) is 0 Å². The molecule has 4 rings (SSSR count). The number of nitrogens with one attached hydrogen (secondary N) is 2. The number of carbonyl (C=O) groups is 1. The molecule has 3 heterocycles. The predicted octanol–water partition coefficient (Wildman–Crippen LogP) is 3.05. The van der Waals surface area contributed by atoms with Crippen LogP contribution in [0.1, 0.15) is 15.2 Å². The van der Waals surface area contributed by atoms with Gasteiger partial charge in [0, 0.05) is 32.7 Å². The molecule has 13 heteroatoms. The summed E-state index contributed by atoms with van der Waals surface area (Å²) in [7, 11) is 0. The molecule has 2 aromatic heterocycles. The van der Waals surface area contributed by atoms with E-state index in [2.05, 4.69) is 35.5 Å². The summed E-state index contributed by atoms with van der Waals surface area (Å²) in [6.45, 7) is 5.67. The van der Waals surface area contributed by atoms with Gasteiger partial charge in [0.25, 0.3) is 5.91 Å². The second-order valence-electron chi connectivity index (χ2n) is 7.32.